The Bertz CT molecular complexity index is 415. The molecule has 0 unspecified atom stereocenters. The standard InChI is InChI=1S/C13H19N3O/c14-13(16-17)5-2-8-15-12-7-6-10-3-1-4-11(10)9-12/h6-7,9,15,17H,1-5,8H2,(H2,14,16). The summed E-state index contributed by atoms with van der Waals surface area (Å²) in [5.41, 5.74) is 9.54. The van der Waals surface area contributed by atoms with Gasteiger partial charge in [0.05, 0.1) is 0 Å². The summed E-state index contributed by atoms with van der Waals surface area (Å²) in [6, 6.07) is 6.59. The summed E-state index contributed by atoms with van der Waals surface area (Å²) in [5.74, 6) is 0.292. The predicted octanol–water partition coefficient (Wildman–Crippen LogP) is 2.11. The molecule has 17 heavy (non-hydrogen) atoms. The topological polar surface area (TPSA) is 70.6 Å². The summed E-state index contributed by atoms with van der Waals surface area (Å²) in [4.78, 5) is 0. The molecule has 0 bridgehead atoms. The van der Waals surface area contributed by atoms with E-state index in [1.165, 1.54) is 36.1 Å². The van der Waals surface area contributed by atoms with E-state index in [0.29, 0.717) is 12.3 Å². The molecule has 0 aliphatic heterocycles. The van der Waals surface area contributed by atoms with Crippen LogP contribution >= 0.6 is 0 Å². The average molecular weight is 233 g/mol. The van der Waals surface area contributed by atoms with Gasteiger partial charge in [0.15, 0.2) is 0 Å². The van der Waals surface area contributed by atoms with E-state index in [4.69, 9.17) is 10.9 Å². The Hall–Kier alpha value is -1.71. The molecule has 1 aliphatic carbocycles. The highest BCUT2D eigenvalue weighted by atomic mass is 16.4. The molecule has 0 fully saturated rings. The number of fused-ring (bicyclic) bond motifs is 1. The molecule has 0 saturated carbocycles. The molecule has 4 N–H and O–H groups in total. The number of oxime groups is 1. The van der Waals surface area contributed by atoms with Gasteiger partial charge in [-0.15, -0.1) is 0 Å². The van der Waals surface area contributed by atoms with Gasteiger partial charge < -0.3 is 16.3 Å². The van der Waals surface area contributed by atoms with Crippen molar-refractivity contribution < 1.29 is 5.21 Å². The smallest absolute Gasteiger partial charge is 0.139 e. The van der Waals surface area contributed by atoms with Crippen molar-refractivity contribution in [1.82, 2.24) is 0 Å². The lowest BCUT2D eigenvalue weighted by molar-refractivity contribution is 0.316. The molecule has 1 aromatic rings. The third-order valence-corrected chi connectivity index (χ3v) is 3.17. The zero-order chi connectivity index (χ0) is 12.1. The van der Waals surface area contributed by atoms with Gasteiger partial charge >= 0.3 is 0 Å². The largest absolute Gasteiger partial charge is 0.409 e. The van der Waals surface area contributed by atoms with E-state index in [2.05, 4.69) is 28.7 Å². The highest BCUT2D eigenvalue weighted by Crippen LogP contribution is 2.24. The summed E-state index contributed by atoms with van der Waals surface area (Å²) in [7, 11) is 0. The van der Waals surface area contributed by atoms with E-state index in [9.17, 15) is 0 Å². The van der Waals surface area contributed by atoms with Crippen LogP contribution in [0.25, 0.3) is 0 Å². The number of rotatable bonds is 5. The zero-order valence-corrected chi connectivity index (χ0v) is 9.95. The first-order valence-electron chi connectivity index (χ1n) is 6.11. The summed E-state index contributed by atoms with van der Waals surface area (Å²) >= 11 is 0. The van der Waals surface area contributed by atoms with Crippen molar-refractivity contribution in [2.24, 2.45) is 10.9 Å². The van der Waals surface area contributed by atoms with E-state index in [1.54, 1.807) is 0 Å². The Kier molecular flexibility index (Phi) is 3.85. The maximum atomic E-state index is 8.40. The number of anilines is 1. The Labute approximate surface area is 102 Å². The van der Waals surface area contributed by atoms with Gasteiger partial charge in [-0.2, -0.15) is 0 Å². The number of nitrogens with two attached hydrogens (primary N) is 1. The summed E-state index contributed by atoms with van der Waals surface area (Å²) in [6.07, 6.45) is 5.19. The normalized spacial score (nSPS) is 14.7. The van der Waals surface area contributed by atoms with Crippen molar-refractivity contribution in [3.05, 3.63) is 29.3 Å². The van der Waals surface area contributed by atoms with E-state index >= 15 is 0 Å². The molecule has 0 heterocycles. The molecule has 1 aromatic carbocycles. The minimum absolute atomic E-state index is 0.292. The minimum atomic E-state index is 0.292. The quantitative estimate of drug-likeness (QED) is 0.240. The molecule has 0 radical (unpaired) electrons. The van der Waals surface area contributed by atoms with Crippen molar-refractivity contribution in [3.63, 3.8) is 0 Å². The van der Waals surface area contributed by atoms with Gasteiger partial charge in [-0.05, 0) is 48.9 Å². The van der Waals surface area contributed by atoms with Crippen LogP contribution in [0.1, 0.15) is 30.4 Å². The number of hydrogen-bond donors (Lipinski definition) is 3. The molecule has 2 rings (SSSR count). The Morgan fingerprint density at radius 3 is 3.00 bits per heavy atom. The fourth-order valence-electron chi connectivity index (χ4n) is 2.23. The van der Waals surface area contributed by atoms with Crippen LogP contribution in [-0.4, -0.2) is 17.6 Å². The molecular formula is C13H19N3O. The number of amidine groups is 1. The van der Waals surface area contributed by atoms with Gasteiger partial charge in [-0.3, -0.25) is 0 Å². The van der Waals surface area contributed by atoms with E-state index in [-0.39, 0.29) is 0 Å². The third-order valence-electron chi connectivity index (χ3n) is 3.17. The van der Waals surface area contributed by atoms with Crippen LogP contribution in [0.3, 0.4) is 0 Å². The summed E-state index contributed by atoms with van der Waals surface area (Å²) in [6.45, 7) is 0.842. The molecule has 4 heteroatoms. The van der Waals surface area contributed by atoms with Gasteiger partial charge in [-0.25, -0.2) is 0 Å². The fraction of sp³-hybridized carbons (Fsp3) is 0.462. The third kappa shape index (κ3) is 3.12. The Balaban J connectivity index is 1.80. The van der Waals surface area contributed by atoms with Crippen LogP contribution in [0.2, 0.25) is 0 Å². The second-order valence-corrected chi connectivity index (χ2v) is 4.46. The summed E-state index contributed by atoms with van der Waals surface area (Å²) in [5, 5.41) is 14.7. The van der Waals surface area contributed by atoms with Crippen molar-refractivity contribution in [1.29, 1.82) is 0 Å². The van der Waals surface area contributed by atoms with Gasteiger partial charge in [0.2, 0.25) is 0 Å². The highest BCUT2D eigenvalue weighted by Gasteiger charge is 2.10. The molecule has 92 valence electrons. The lowest BCUT2D eigenvalue weighted by Gasteiger charge is -2.08. The second kappa shape index (κ2) is 5.57. The molecule has 1 aliphatic rings. The first kappa shape index (κ1) is 11.8. The van der Waals surface area contributed by atoms with Crippen LogP contribution in [-0.2, 0) is 12.8 Å². The van der Waals surface area contributed by atoms with E-state index in [0.717, 1.165) is 13.0 Å². The molecule has 4 nitrogen and oxygen atoms in total. The number of aryl methyl sites for hydroxylation is 2. The van der Waals surface area contributed by atoms with Crippen molar-refractivity contribution >= 4 is 11.5 Å². The van der Waals surface area contributed by atoms with Gasteiger partial charge in [-0.1, -0.05) is 11.2 Å². The van der Waals surface area contributed by atoms with Crippen LogP contribution in [0.5, 0.6) is 0 Å². The maximum Gasteiger partial charge on any atom is 0.139 e. The van der Waals surface area contributed by atoms with Crippen LogP contribution in [0.4, 0.5) is 5.69 Å². The second-order valence-electron chi connectivity index (χ2n) is 4.46. The maximum absolute atomic E-state index is 8.40. The number of hydrogen-bond acceptors (Lipinski definition) is 3. The highest BCUT2D eigenvalue weighted by molar-refractivity contribution is 5.79. The molecule has 0 saturated heterocycles. The van der Waals surface area contributed by atoms with E-state index in [1.807, 2.05) is 0 Å². The van der Waals surface area contributed by atoms with E-state index < -0.39 is 0 Å². The Morgan fingerprint density at radius 2 is 2.18 bits per heavy atom. The Morgan fingerprint density at radius 1 is 1.35 bits per heavy atom. The van der Waals surface area contributed by atoms with Crippen LogP contribution < -0.4 is 11.1 Å². The van der Waals surface area contributed by atoms with Gasteiger partial charge in [0, 0.05) is 18.7 Å². The zero-order valence-electron chi connectivity index (χ0n) is 9.95. The van der Waals surface area contributed by atoms with Crippen molar-refractivity contribution in [3.8, 4) is 0 Å². The number of benzene rings is 1. The first-order chi connectivity index (χ1) is 8.29. The summed E-state index contributed by atoms with van der Waals surface area (Å²) < 4.78 is 0. The molecule has 0 aromatic heterocycles. The van der Waals surface area contributed by atoms with Crippen LogP contribution in [0.15, 0.2) is 23.4 Å². The SMILES string of the molecule is N/C(CCCNc1ccc2c(c1)CCC2)=N\O. The molecule has 0 spiro atoms. The molecule has 0 atom stereocenters. The van der Waals surface area contributed by atoms with Gasteiger partial charge in [0.1, 0.15) is 5.84 Å². The van der Waals surface area contributed by atoms with Crippen LogP contribution in [0, 0.1) is 0 Å². The van der Waals surface area contributed by atoms with Crippen molar-refractivity contribution in [2.75, 3.05) is 11.9 Å². The number of nitrogens with one attached hydrogen (secondary N) is 1. The fourth-order valence-corrected chi connectivity index (χ4v) is 2.23. The first-order valence-corrected chi connectivity index (χ1v) is 6.11. The predicted molar refractivity (Wildman–Crippen MR) is 69.6 cm³/mol. The lowest BCUT2D eigenvalue weighted by atomic mass is 10.1. The van der Waals surface area contributed by atoms with Crippen molar-refractivity contribution in [2.45, 2.75) is 32.1 Å². The monoisotopic (exact) mass is 233 g/mol. The molecular weight excluding hydrogens is 214 g/mol. The number of nitrogens with zero attached hydrogens (tertiary/aromatic N) is 1. The minimum Gasteiger partial charge on any atom is -0.409 e. The van der Waals surface area contributed by atoms with Gasteiger partial charge in [0.25, 0.3) is 0 Å². The average Bonchev–Trinajstić information content (AvgIpc) is 2.81. The lowest BCUT2D eigenvalue weighted by Crippen LogP contribution is -2.13. The molecule has 0 amide bonds.